The second-order valence-corrected chi connectivity index (χ2v) is 9.39. The van der Waals surface area contributed by atoms with Gasteiger partial charge >= 0.3 is 0 Å². The first-order valence-corrected chi connectivity index (χ1v) is 11.9. The summed E-state index contributed by atoms with van der Waals surface area (Å²) in [5.74, 6) is -0.386. The van der Waals surface area contributed by atoms with Gasteiger partial charge in [-0.05, 0) is 31.0 Å². The largest absolute Gasteiger partial charge is 0.433 e. The van der Waals surface area contributed by atoms with E-state index in [9.17, 15) is 9.18 Å². The maximum atomic E-state index is 15.0. The number of aliphatic imine (C=N–C) groups is 1. The lowest BCUT2D eigenvalue weighted by molar-refractivity contribution is 0.0645. The molecule has 2 heterocycles. The molecule has 32 heavy (non-hydrogen) atoms. The zero-order valence-corrected chi connectivity index (χ0v) is 19.9. The van der Waals surface area contributed by atoms with Crippen LogP contribution < -0.4 is 15.8 Å². The Hall–Kier alpha value is -2.06. The molecule has 1 aliphatic carbocycles. The molecule has 4 rings (SSSR count). The first-order chi connectivity index (χ1) is 15.3. The van der Waals surface area contributed by atoms with E-state index < -0.39 is 21.6 Å². The molecule has 12 heteroatoms. The van der Waals surface area contributed by atoms with Gasteiger partial charge in [-0.15, -0.1) is 0 Å². The fourth-order valence-electron chi connectivity index (χ4n) is 4.24. The van der Waals surface area contributed by atoms with E-state index in [1.807, 2.05) is 0 Å². The molecule has 2 aliphatic rings. The molecule has 1 saturated carbocycles. The molecule has 0 saturated heterocycles. The molecule has 8 nitrogen and oxygen atoms in total. The van der Waals surface area contributed by atoms with Crippen molar-refractivity contribution in [2.24, 2.45) is 16.6 Å². The van der Waals surface area contributed by atoms with E-state index in [2.05, 4.69) is 20.3 Å². The minimum Gasteiger partial charge on any atom is -0.433 e. The lowest BCUT2D eigenvalue weighted by atomic mass is 9.80. The van der Waals surface area contributed by atoms with Crippen molar-refractivity contribution < 1.29 is 23.0 Å². The van der Waals surface area contributed by atoms with Crippen LogP contribution in [0.5, 0.6) is 5.88 Å². The van der Waals surface area contributed by atoms with Crippen molar-refractivity contribution >= 4 is 51.1 Å². The number of nitrogens with zero attached hydrogens (tertiary/aromatic N) is 3. The Kier molecular flexibility index (Phi) is 6.81. The number of thioether (sulfide) groups is 1. The van der Waals surface area contributed by atoms with Crippen molar-refractivity contribution in [1.29, 1.82) is 0 Å². The number of carbonyl (C=O) groups excluding carboxylic acids is 1. The van der Waals surface area contributed by atoms with E-state index in [1.54, 1.807) is 13.2 Å². The van der Waals surface area contributed by atoms with Crippen LogP contribution in [0, 0.1) is 11.7 Å². The maximum Gasteiger partial charge on any atom is 0.290 e. The zero-order chi connectivity index (χ0) is 22.9. The third kappa shape index (κ3) is 4.53. The smallest absolute Gasteiger partial charge is 0.290 e. The summed E-state index contributed by atoms with van der Waals surface area (Å²) >= 11 is 2.86. The van der Waals surface area contributed by atoms with Crippen LogP contribution in [-0.4, -0.2) is 44.4 Å². The van der Waals surface area contributed by atoms with Gasteiger partial charge < -0.3 is 20.5 Å². The molecule has 170 valence electrons. The summed E-state index contributed by atoms with van der Waals surface area (Å²) in [6, 6.07) is 4.35. The topological polar surface area (TPSA) is 112 Å². The molecular weight excluding hydrogens is 555 g/mol. The van der Waals surface area contributed by atoms with Gasteiger partial charge in [0.2, 0.25) is 5.88 Å². The van der Waals surface area contributed by atoms with Gasteiger partial charge in [0, 0.05) is 52.6 Å². The van der Waals surface area contributed by atoms with E-state index in [0.29, 0.717) is 28.6 Å². The summed E-state index contributed by atoms with van der Waals surface area (Å²) in [5.41, 5.74) is 5.92. The van der Waals surface area contributed by atoms with Gasteiger partial charge in [0.1, 0.15) is 11.5 Å². The number of amides is 1. The lowest BCUT2D eigenvalue weighted by Gasteiger charge is -2.37. The zero-order valence-electron chi connectivity index (χ0n) is 16.9. The van der Waals surface area contributed by atoms with Gasteiger partial charge in [0.15, 0.2) is 5.17 Å². The van der Waals surface area contributed by atoms with Crippen LogP contribution >= 0.6 is 34.4 Å². The van der Waals surface area contributed by atoms with Crippen LogP contribution in [0.4, 0.5) is 14.5 Å². The Morgan fingerprint density at radius 2 is 2.22 bits per heavy atom. The minimum atomic E-state index is -1.58. The third-order valence-corrected chi connectivity index (χ3v) is 6.82. The molecule has 1 unspecified atom stereocenters. The summed E-state index contributed by atoms with van der Waals surface area (Å²) in [4.78, 5) is 25.1. The monoisotopic (exact) mass is 575 g/mol. The molecule has 1 aliphatic heterocycles. The number of amidine groups is 1. The summed E-state index contributed by atoms with van der Waals surface area (Å²) in [6.45, 7) is 0. The Balaban J connectivity index is 1.60. The Morgan fingerprint density at radius 1 is 1.41 bits per heavy atom. The summed E-state index contributed by atoms with van der Waals surface area (Å²) in [6.07, 6.45) is 3.59. The normalized spacial score (nSPS) is 25.6. The number of fused-ring (bicyclic) bond motifs is 1. The predicted octanol–water partition coefficient (Wildman–Crippen LogP) is 3.62. The van der Waals surface area contributed by atoms with Gasteiger partial charge in [-0.25, -0.2) is 14.4 Å². The van der Waals surface area contributed by atoms with Crippen LogP contribution in [0.3, 0.4) is 0 Å². The number of rotatable bonds is 6. The highest BCUT2D eigenvalue weighted by atomic mass is 127. The summed E-state index contributed by atoms with van der Waals surface area (Å²) < 4.78 is 36.7. The Bertz CT molecular complexity index is 1040. The average Bonchev–Trinajstić information content (AvgIpc) is 3.13. The molecular formula is C20H20F2IN5O3S. The summed E-state index contributed by atoms with van der Waals surface area (Å²) in [7, 11) is 1.64. The van der Waals surface area contributed by atoms with Crippen LogP contribution in [0.2, 0.25) is 0 Å². The molecule has 0 spiro atoms. The molecule has 0 bridgehead atoms. The van der Waals surface area contributed by atoms with Gasteiger partial charge in [-0.1, -0.05) is 11.8 Å². The van der Waals surface area contributed by atoms with Crippen molar-refractivity contribution in [3.05, 3.63) is 47.7 Å². The molecule has 0 radical (unpaired) electrons. The number of alkyl halides is 2. The molecule has 2 aromatic rings. The molecule has 1 aromatic heterocycles. The lowest BCUT2D eigenvalue weighted by Crippen LogP contribution is -2.41. The van der Waals surface area contributed by atoms with Gasteiger partial charge in [0.05, 0.1) is 24.0 Å². The predicted molar refractivity (Wildman–Crippen MR) is 125 cm³/mol. The number of ether oxygens (including phenoxy) is 2. The number of aromatic nitrogens is 2. The second kappa shape index (κ2) is 9.43. The quantitative estimate of drug-likeness (QED) is 0.400. The first kappa shape index (κ1) is 23.1. The number of anilines is 1. The highest BCUT2D eigenvalue weighted by Gasteiger charge is 2.53. The average molecular weight is 575 g/mol. The van der Waals surface area contributed by atoms with E-state index in [0.717, 1.165) is 12.6 Å². The number of carbonyl (C=O) groups is 1. The third-order valence-electron chi connectivity index (χ3n) is 5.66. The van der Waals surface area contributed by atoms with E-state index >= 15 is 4.39 Å². The fourth-order valence-corrected chi connectivity index (χ4v) is 5.57. The highest BCUT2D eigenvalue weighted by Crippen LogP contribution is 2.52. The molecule has 1 fully saturated rings. The van der Waals surface area contributed by atoms with Crippen molar-refractivity contribution in [3.8, 4) is 5.88 Å². The van der Waals surface area contributed by atoms with Gasteiger partial charge in [-0.2, -0.15) is 4.39 Å². The number of hydrogen-bond acceptors (Lipinski definition) is 8. The van der Waals surface area contributed by atoms with Crippen LogP contribution in [-0.2, 0) is 10.3 Å². The van der Waals surface area contributed by atoms with Gasteiger partial charge in [-0.3, -0.25) is 9.79 Å². The van der Waals surface area contributed by atoms with Crippen LogP contribution in [0.15, 0.2) is 35.6 Å². The number of nitrogens with two attached hydrogens (primary N) is 1. The fraction of sp³-hybridized carbons (Fsp3) is 0.400. The second-order valence-electron chi connectivity index (χ2n) is 7.37. The Morgan fingerprint density at radius 3 is 2.91 bits per heavy atom. The van der Waals surface area contributed by atoms with Crippen LogP contribution in [0.1, 0.15) is 28.9 Å². The van der Waals surface area contributed by atoms with Crippen molar-refractivity contribution in [3.63, 3.8) is 0 Å². The molecule has 3 N–H and O–H groups in total. The van der Waals surface area contributed by atoms with Crippen LogP contribution in [0.25, 0.3) is 0 Å². The van der Waals surface area contributed by atoms with Crippen molar-refractivity contribution in [2.45, 2.75) is 28.8 Å². The number of benzene rings is 1. The Labute approximate surface area is 200 Å². The number of nitrogens with one attached hydrogen (secondary N) is 1. The molecule has 1 amide bonds. The summed E-state index contributed by atoms with van der Waals surface area (Å²) in [5, 5.41) is 3.11. The SMILES string of the molecule is CO[C@H]1CC[C@]2(c3cc(NC(=O)c4cnc(OC(F)I)cn4)ccc3F)N=C(N)SC[C@H]12. The minimum absolute atomic E-state index is 0.000207. The van der Waals surface area contributed by atoms with Crippen molar-refractivity contribution in [2.75, 3.05) is 18.2 Å². The standard InChI is InChI=1S/C20H20F2IN5O3S/c1-30-15-4-5-20(12(15)9-32-19(24)28-20)11-6-10(2-3-13(11)21)27-17(29)14-7-26-16(8-25-14)31-18(22)23/h2-3,6-8,12,15,18H,4-5,9H2,1H3,(H2,24,28)(H,27,29)/t12-,15+,18?,20-/m1/s1. The van der Waals surface area contributed by atoms with E-state index in [1.165, 1.54) is 52.7 Å². The first-order valence-electron chi connectivity index (χ1n) is 9.71. The van der Waals surface area contributed by atoms with Gasteiger partial charge in [0.25, 0.3) is 10.3 Å². The highest BCUT2D eigenvalue weighted by molar-refractivity contribution is 14.1. The number of methoxy groups -OCH3 is 1. The van der Waals surface area contributed by atoms with E-state index in [4.69, 9.17) is 15.2 Å². The molecule has 4 atom stereocenters. The van der Waals surface area contributed by atoms with E-state index in [-0.39, 0.29) is 23.6 Å². The molecule has 1 aromatic carbocycles. The number of hydrogen-bond donors (Lipinski definition) is 2. The number of halogens is 3. The maximum absolute atomic E-state index is 15.0. The van der Waals surface area contributed by atoms with Crippen molar-refractivity contribution in [1.82, 2.24) is 9.97 Å².